The lowest BCUT2D eigenvalue weighted by Gasteiger charge is -2.13. The van der Waals surface area contributed by atoms with Crippen molar-refractivity contribution < 1.29 is 0 Å². The van der Waals surface area contributed by atoms with Crippen LogP contribution in [-0.2, 0) is 0 Å². The molecule has 1 aliphatic rings. The average molecular weight is 111 g/mol. The number of hydrogen-bond acceptors (Lipinski definition) is 1. The largest absolute Gasteiger partial charge is 0.294 e. The normalized spacial score (nSPS) is 29.8. The van der Waals surface area contributed by atoms with Crippen molar-refractivity contribution in [1.82, 2.24) is 0 Å². The summed E-state index contributed by atoms with van der Waals surface area (Å²) < 4.78 is 0. The van der Waals surface area contributed by atoms with Gasteiger partial charge in [-0.25, -0.2) is 0 Å². The molecule has 0 amide bonds. The molecule has 0 bridgehead atoms. The molecule has 1 rings (SSSR count). The Bertz CT molecular complexity index is 105. The number of nitrogens with zero attached hydrogens (tertiary/aromatic N) is 1. The predicted molar refractivity (Wildman–Crippen MR) is 36.4 cm³/mol. The molecule has 1 nitrogen and oxygen atoms in total. The third kappa shape index (κ3) is 1.32. The Hall–Kier alpha value is -0.330. The first-order chi connectivity index (χ1) is 3.79. The number of aliphatic imine (C=N–C) groups is 1. The second-order valence-electron chi connectivity index (χ2n) is 2.72. The van der Waals surface area contributed by atoms with Crippen molar-refractivity contribution in [3.8, 4) is 0 Å². The van der Waals surface area contributed by atoms with Crippen LogP contribution in [0, 0.1) is 5.92 Å². The quantitative estimate of drug-likeness (QED) is 0.452. The van der Waals surface area contributed by atoms with E-state index in [9.17, 15) is 0 Å². The maximum absolute atomic E-state index is 4.33. The van der Waals surface area contributed by atoms with Gasteiger partial charge in [-0.05, 0) is 25.7 Å². The standard InChI is InChI=1S/C7H13N/c1-6-3-4-7(2)8-5-6/h6H,3-5H2,1-2H3. The fourth-order valence-corrected chi connectivity index (χ4v) is 0.937. The van der Waals surface area contributed by atoms with Gasteiger partial charge < -0.3 is 0 Å². The van der Waals surface area contributed by atoms with Crippen molar-refractivity contribution in [2.75, 3.05) is 6.54 Å². The second kappa shape index (κ2) is 2.29. The minimum absolute atomic E-state index is 0.832. The van der Waals surface area contributed by atoms with E-state index in [1.165, 1.54) is 18.6 Å². The summed E-state index contributed by atoms with van der Waals surface area (Å²) in [6, 6.07) is 0. The Labute approximate surface area is 50.8 Å². The second-order valence-corrected chi connectivity index (χ2v) is 2.72. The van der Waals surface area contributed by atoms with Gasteiger partial charge in [0, 0.05) is 12.3 Å². The van der Waals surface area contributed by atoms with Gasteiger partial charge in [0.25, 0.3) is 0 Å². The van der Waals surface area contributed by atoms with Crippen molar-refractivity contribution in [2.24, 2.45) is 10.9 Å². The predicted octanol–water partition coefficient (Wildman–Crippen LogP) is 1.88. The van der Waals surface area contributed by atoms with Crippen LogP contribution in [0.2, 0.25) is 0 Å². The van der Waals surface area contributed by atoms with Gasteiger partial charge in [0.2, 0.25) is 0 Å². The van der Waals surface area contributed by atoms with Gasteiger partial charge in [-0.1, -0.05) is 6.92 Å². The van der Waals surface area contributed by atoms with E-state index in [4.69, 9.17) is 0 Å². The van der Waals surface area contributed by atoms with Gasteiger partial charge in [0.05, 0.1) is 0 Å². The Balaban J connectivity index is 2.42. The van der Waals surface area contributed by atoms with E-state index in [1.807, 2.05) is 0 Å². The fourth-order valence-electron chi connectivity index (χ4n) is 0.937. The maximum atomic E-state index is 4.33. The monoisotopic (exact) mass is 111 g/mol. The van der Waals surface area contributed by atoms with Crippen molar-refractivity contribution in [3.05, 3.63) is 0 Å². The Morgan fingerprint density at radius 2 is 2.38 bits per heavy atom. The van der Waals surface area contributed by atoms with E-state index in [0.717, 1.165) is 12.5 Å². The van der Waals surface area contributed by atoms with E-state index in [-0.39, 0.29) is 0 Å². The van der Waals surface area contributed by atoms with Crippen molar-refractivity contribution in [3.63, 3.8) is 0 Å². The van der Waals surface area contributed by atoms with Crippen molar-refractivity contribution in [1.29, 1.82) is 0 Å². The van der Waals surface area contributed by atoms with Gasteiger partial charge >= 0.3 is 0 Å². The Kier molecular flexibility index (Phi) is 1.66. The SMILES string of the molecule is CC1=NCC(C)CC1. The number of hydrogen-bond donors (Lipinski definition) is 0. The molecule has 46 valence electrons. The Morgan fingerprint density at radius 1 is 1.62 bits per heavy atom. The Morgan fingerprint density at radius 3 is 2.75 bits per heavy atom. The molecular formula is C7H13N. The van der Waals surface area contributed by atoms with Gasteiger partial charge in [-0.15, -0.1) is 0 Å². The van der Waals surface area contributed by atoms with Crippen LogP contribution in [0.5, 0.6) is 0 Å². The van der Waals surface area contributed by atoms with Crippen LogP contribution in [0.15, 0.2) is 4.99 Å². The molecule has 0 saturated heterocycles. The van der Waals surface area contributed by atoms with Crippen LogP contribution < -0.4 is 0 Å². The lowest BCUT2D eigenvalue weighted by Crippen LogP contribution is -2.09. The van der Waals surface area contributed by atoms with Crippen LogP contribution in [0.25, 0.3) is 0 Å². The minimum atomic E-state index is 0.832. The summed E-state index contributed by atoms with van der Waals surface area (Å²) in [5.41, 5.74) is 1.34. The van der Waals surface area contributed by atoms with Crippen LogP contribution in [0.1, 0.15) is 26.7 Å². The molecule has 0 radical (unpaired) electrons. The van der Waals surface area contributed by atoms with E-state index in [0.29, 0.717) is 0 Å². The fraction of sp³-hybridized carbons (Fsp3) is 0.857. The van der Waals surface area contributed by atoms with Crippen LogP contribution in [0.3, 0.4) is 0 Å². The molecule has 0 aliphatic carbocycles. The van der Waals surface area contributed by atoms with Gasteiger partial charge in [-0.2, -0.15) is 0 Å². The highest BCUT2D eigenvalue weighted by Crippen LogP contribution is 2.11. The molecule has 0 saturated carbocycles. The first-order valence-electron chi connectivity index (χ1n) is 3.29. The molecule has 8 heavy (non-hydrogen) atoms. The lowest BCUT2D eigenvalue weighted by molar-refractivity contribution is 0.537. The summed E-state index contributed by atoms with van der Waals surface area (Å²) in [6.45, 7) is 5.44. The maximum Gasteiger partial charge on any atom is 0.0414 e. The highest BCUT2D eigenvalue weighted by Gasteiger charge is 2.06. The summed E-state index contributed by atoms with van der Waals surface area (Å²) in [7, 11) is 0. The van der Waals surface area contributed by atoms with E-state index in [2.05, 4.69) is 18.8 Å². The van der Waals surface area contributed by atoms with Gasteiger partial charge in [-0.3, -0.25) is 4.99 Å². The molecule has 1 unspecified atom stereocenters. The molecule has 0 aromatic heterocycles. The third-order valence-electron chi connectivity index (χ3n) is 1.67. The summed E-state index contributed by atoms with van der Waals surface area (Å²) in [6.07, 6.45) is 2.57. The summed E-state index contributed by atoms with van der Waals surface area (Å²) in [5.74, 6) is 0.832. The van der Waals surface area contributed by atoms with Crippen molar-refractivity contribution in [2.45, 2.75) is 26.7 Å². The molecule has 0 aromatic carbocycles. The summed E-state index contributed by atoms with van der Waals surface area (Å²) in [4.78, 5) is 4.33. The van der Waals surface area contributed by atoms with Crippen molar-refractivity contribution >= 4 is 5.71 Å². The zero-order valence-electron chi connectivity index (χ0n) is 5.65. The lowest BCUT2D eigenvalue weighted by atomic mass is 10.0. The first-order valence-corrected chi connectivity index (χ1v) is 3.29. The molecule has 0 aromatic rings. The first kappa shape index (κ1) is 5.80. The minimum Gasteiger partial charge on any atom is -0.294 e. The van der Waals surface area contributed by atoms with Crippen LogP contribution >= 0.6 is 0 Å². The van der Waals surface area contributed by atoms with E-state index < -0.39 is 0 Å². The average Bonchev–Trinajstić information content (AvgIpc) is 1.77. The topological polar surface area (TPSA) is 12.4 Å². The molecular weight excluding hydrogens is 98.1 g/mol. The smallest absolute Gasteiger partial charge is 0.0414 e. The highest BCUT2D eigenvalue weighted by atomic mass is 14.7. The molecule has 1 aliphatic heterocycles. The molecule has 0 fully saturated rings. The zero-order valence-corrected chi connectivity index (χ0v) is 5.65. The molecule has 1 heteroatoms. The number of rotatable bonds is 0. The molecule has 0 N–H and O–H groups in total. The van der Waals surface area contributed by atoms with Crippen LogP contribution in [0.4, 0.5) is 0 Å². The zero-order chi connectivity index (χ0) is 5.98. The summed E-state index contributed by atoms with van der Waals surface area (Å²) in [5, 5.41) is 0. The highest BCUT2D eigenvalue weighted by molar-refractivity contribution is 5.82. The van der Waals surface area contributed by atoms with E-state index in [1.54, 1.807) is 0 Å². The van der Waals surface area contributed by atoms with Crippen LogP contribution in [-0.4, -0.2) is 12.3 Å². The van der Waals surface area contributed by atoms with Gasteiger partial charge in [0.1, 0.15) is 0 Å². The molecule has 0 spiro atoms. The summed E-state index contributed by atoms with van der Waals surface area (Å²) >= 11 is 0. The van der Waals surface area contributed by atoms with Gasteiger partial charge in [0.15, 0.2) is 0 Å². The molecule has 1 atom stereocenters. The van der Waals surface area contributed by atoms with E-state index >= 15 is 0 Å². The third-order valence-corrected chi connectivity index (χ3v) is 1.67. The molecule has 1 heterocycles.